The SMILES string of the molecule is CC12CCC3(C=C1CCc1c2[nH]c2cc(CO)ccc12)SCCS3. The summed E-state index contributed by atoms with van der Waals surface area (Å²) in [5.74, 6) is 2.60. The lowest BCUT2D eigenvalue weighted by Crippen LogP contribution is -2.37. The van der Waals surface area contributed by atoms with Gasteiger partial charge in [-0.25, -0.2) is 0 Å². The fourth-order valence-corrected chi connectivity index (χ4v) is 7.94. The Hall–Kier alpha value is -0.840. The number of hydrogen-bond acceptors (Lipinski definition) is 3. The highest BCUT2D eigenvalue weighted by Gasteiger charge is 2.47. The summed E-state index contributed by atoms with van der Waals surface area (Å²) in [5.41, 5.74) is 6.95. The number of rotatable bonds is 1. The lowest BCUT2D eigenvalue weighted by Gasteiger charge is -2.44. The van der Waals surface area contributed by atoms with Gasteiger partial charge in [0.05, 0.1) is 10.7 Å². The Morgan fingerprint density at radius 2 is 2.00 bits per heavy atom. The number of allylic oxidation sites excluding steroid dienone is 1. The van der Waals surface area contributed by atoms with Crippen molar-refractivity contribution >= 4 is 34.4 Å². The van der Waals surface area contributed by atoms with Crippen molar-refractivity contribution in [2.45, 2.75) is 48.7 Å². The fraction of sp³-hybridized carbons (Fsp3) is 0.500. The Bertz CT molecular complexity index is 847. The van der Waals surface area contributed by atoms with Crippen LogP contribution in [0.25, 0.3) is 10.9 Å². The number of aliphatic hydroxyl groups excluding tert-OH is 1. The number of hydrogen-bond donors (Lipinski definition) is 2. The van der Waals surface area contributed by atoms with Crippen molar-refractivity contribution in [3.05, 3.63) is 46.7 Å². The third-order valence-electron chi connectivity index (χ3n) is 6.20. The smallest absolute Gasteiger partial charge is 0.0795 e. The maximum atomic E-state index is 9.43. The van der Waals surface area contributed by atoms with Crippen molar-refractivity contribution < 1.29 is 5.11 Å². The molecule has 2 heterocycles. The first-order chi connectivity index (χ1) is 11.6. The number of thioether (sulfide) groups is 2. The fourth-order valence-electron chi connectivity index (χ4n) is 4.80. The van der Waals surface area contributed by atoms with Gasteiger partial charge in [-0.2, -0.15) is 0 Å². The lowest BCUT2D eigenvalue weighted by molar-refractivity contribution is 0.282. The quantitative estimate of drug-likeness (QED) is 0.722. The number of nitrogens with one attached hydrogen (secondary N) is 1. The van der Waals surface area contributed by atoms with E-state index in [1.807, 2.05) is 0 Å². The Morgan fingerprint density at radius 3 is 2.79 bits per heavy atom. The van der Waals surface area contributed by atoms with Crippen LogP contribution < -0.4 is 0 Å². The summed E-state index contributed by atoms with van der Waals surface area (Å²) in [5, 5.41) is 10.8. The van der Waals surface area contributed by atoms with Crippen molar-refractivity contribution in [1.82, 2.24) is 4.98 Å². The third-order valence-corrected chi connectivity index (χ3v) is 9.60. The van der Waals surface area contributed by atoms with Gasteiger partial charge < -0.3 is 10.1 Å². The Kier molecular flexibility index (Phi) is 3.42. The van der Waals surface area contributed by atoms with Crippen LogP contribution in [-0.2, 0) is 18.4 Å². The predicted molar refractivity (Wildman–Crippen MR) is 105 cm³/mol. The third kappa shape index (κ3) is 2.09. The van der Waals surface area contributed by atoms with E-state index in [1.165, 1.54) is 52.9 Å². The molecular weight excluding hydrogens is 334 g/mol. The molecule has 1 aliphatic heterocycles. The molecule has 1 aromatic carbocycles. The molecule has 1 saturated heterocycles. The lowest BCUT2D eigenvalue weighted by atomic mass is 9.65. The summed E-state index contributed by atoms with van der Waals surface area (Å²) in [7, 11) is 0. The van der Waals surface area contributed by atoms with Crippen molar-refractivity contribution in [2.24, 2.45) is 0 Å². The topological polar surface area (TPSA) is 36.0 Å². The van der Waals surface area contributed by atoms with Crippen LogP contribution in [0.4, 0.5) is 0 Å². The van der Waals surface area contributed by atoms with Crippen LogP contribution in [0.5, 0.6) is 0 Å². The van der Waals surface area contributed by atoms with E-state index in [4.69, 9.17) is 0 Å². The molecule has 3 aliphatic rings. The second kappa shape index (κ2) is 5.33. The summed E-state index contributed by atoms with van der Waals surface area (Å²) in [4.78, 5) is 3.74. The Balaban J connectivity index is 1.65. The highest BCUT2D eigenvalue weighted by molar-refractivity contribution is 8.21. The van der Waals surface area contributed by atoms with E-state index in [9.17, 15) is 5.11 Å². The van der Waals surface area contributed by atoms with E-state index >= 15 is 0 Å². The molecule has 2 nitrogen and oxygen atoms in total. The zero-order valence-electron chi connectivity index (χ0n) is 14.0. The average Bonchev–Trinajstić information content (AvgIpc) is 3.20. The maximum absolute atomic E-state index is 9.43. The number of fused-ring (bicyclic) bond motifs is 5. The maximum Gasteiger partial charge on any atom is 0.0795 e. The Labute approximate surface area is 151 Å². The zero-order chi connectivity index (χ0) is 16.4. The van der Waals surface area contributed by atoms with Gasteiger partial charge in [-0.15, -0.1) is 23.5 Å². The van der Waals surface area contributed by atoms with Gasteiger partial charge in [0.1, 0.15) is 0 Å². The molecule has 2 aromatic rings. The van der Waals surface area contributed by atoms with Gasteiger partial charge >= 0.3 is 0 Å². The molecule has 126 valence electrons. The minimum absolute atomic E-state index is 0.110. The van der Waals surface area contributed by atoms with E-state index < -0.39 is 0 Å². The van der Waals surface area contributed by atoms with Crippen LogP contribution in [0.3, 0.4) is 0 Å². The monoisotopic (exact) mass is 357 g/mol. The molecule has 1 aromatic heterocycles. The highest BCUT2D eigenvalue weighted by atomic mass is 32.2. The molecule has 1 atom stereocenters. The van der Waals surface area contributed by atoms with Crippen molar-refractivity contribution in [2.75, 3.05) is 11.5 Å². The molecule has 4 heteroatoms. The number of aliphatic hydroxyl groups is 1. The average molecular weight is 358 g/mol. The summed E-state index contributed by atoms with van der Waals surface area (Å²) >= 11 is 4.32. The first-order valence-electron chi connectivity index (χ1n) is 8.88. The van der Waals surface area contributed by atoms with Crippen LogP contribution in [0, 0.1) is 0 Å². The minimum Gasteiger partial charge on any atom is -0.392 e. The standard InChI is InChI=1S/C20H23NOS2/c1-19-6-7-20(23-8-9-24-20)11-14(19)3-5-16-15-4-2-13(12-22)10-17(15)21-18(16)19/h2,4,10-11,21-22H,3,5-9,12H2,1H3. The Morgan fingerprint density at radius 1 is 1.17 bits per heavy atom. The van der Waals surface area contributed by atoms with Gasteiger partial charge in [-0.1, -0.05) is 30.7 Å². The van der Waals surface area contributed by atoms with Crippen LogP contribution in [0.1, 0.15) is 43.0 Å². The molecule has 5 rings (SSSR count). The van der Waals surface area contributed by atoms with Crippen molar-refractivity contribution in [1.29, 1.82) is 0 Å². The minimum atomic E-state index is 0.110. The molecule has 1 unspecified atom stereocenters. The number of H-pyrrole nitrogens is 1. The molecule has 0 bridgehead atoms. The number of aromatic amines is 1. The number of aromatic nitrogens is 1. The number of benzene rings is 1. The summed E-state index contributed by atoms with van der Waals surface area (Å²) in [6, 6.07) is 6.38. The molecule has 24 heavy (non-hydrogen) atoms. The van der Waals surface area contributed by atoms with Crippen LogP contribution in [-0.4, -0.2) is 25.7 Å². The van der Waals surface area contributed by atoms with Gasteiger partial charge in [-0.3, -0.25) is 0 Å². The second-order valence-electron chi connectivity index (χ2n) is 7.53. The van der Waals surface area contributed by atoms with E-state index in [1.54, 1.807) is 5.57 Å². The van der Waals surface area contributed by atoms with Crippen LogP contribution in [0.2, 0.25) is 0 Å². The first-order valence-corrected chi connectivity index (χ1v) is 10.9. The van der Waals surface area contributed by atoms with Crippen LogP contribution in [0.15, 0.2) is 29.8 Å². The van der Waals surface area contributed by atoms with Gasteiger partial charge in [0.25, 0.3) is 0 Å². The largest absolute Gasteiger partial charge is 0.392 e. The van der Waals surface area contributed by atoms with Crippen LogP contribution >= 0.6 is 23.5 Å². The second-order valence-corrected chi connectivity index (χ2v) is 10.6. The van der Waals surface area contributed by atoms with E-state index in [0.29, 0.717) is 4.08 Å². The molecule has 2 aliphatic carbocycles. The molecule has 0 amide bonds. The molecule has 2 N–H and O–H groups in total. The van der Waals surface area contributed by atoms with E-state index in [0.717, 1.165) is 12.0 Å². The van der Waals surface area contributed by atoms with Gasteiger partial charge in [-0.05, 0) is 42.9 Å². The molecular formula is C20H23NOS2. The summed E-state index contributed by atoms with van der Waals surface area (Å²) in [6.45, 7) is 2.55. The van der Waals surface area contributed by atoms with Crippen molar-refractivity contribution in [3.63, 3.8) is 0 Å². The molecule has 1 spiro atoms. The molecule has 1 fully saturated rings. The van der Waals surface area contributed by atoms with Gasteiger partial charge in [0.2, 0.25) is 0 Å². The molecule has 0 saturated carbocycles. The normalized spacial score (nSPS) is 28.0. The zero-order valence-corrected chi connectivity index (χ0v) is 15.7. The number of aryl methyl sites for hydroxylation is 1. The summed E-state index contributed by atoms with van der Waals surface area (Å²) in [6.07, 6.45) is 7.48. The molecule has 0 radical (unpaired) electrons. The highest BCUT2D eigenvalue weighted by Crippen LogP contribution is 2.58. The van der Waals surface area contributed by atoms with Gasteiger partial charge in [0.15, 0.2) is 0 Å². The first kappa shape index (κ1) is 15.4. The summed E-state index contributed by atoms with van der Waals surface area (Å²) < 4.78 is 0.364. The van der Waals surface area contributed by atoms with Gasteiger partial charge in [0, 0.05) is 33.5 Å². The predicted octanol–water partition coefficient (Wildman–Crippen LogP) is 4.76. The van der Waals surface area contributed by atoms with Crippen molar-refractivity contribution in [3.8, 4) is 0 Å². The van der Waals surface area contributed by atoms with E-state index in [-0.39, 0.29) is 12.0 Å². The van der Waals surface area contributed by atoms with E-state index in [2.05, 4.69) is 59.7 Å².